The van der Waals surface area contributed by atoms with Gasteiger partial charge in [-0.15, -0.1) is 0 Å². The number of rotatable bonds is 4. The van der Waals surface area contributed by atoms with Gasteiger partial charge in [0.1, 0.15) is 16.3 Å². The lowest BCUT2D eigenvalue weighted by Gasteiger charge is -2.10. The third-order valence-electron chi connectivity index (χ3n) is 2.57. The maximum absolute atomic E-state index is 12.2. The summed E-state index contributed by atoms with van der Waals surface area (Å²) in [5.41, 5.74) is 4.83. The minimum Gasteiger partial charge on any atom is -0.393 e. The molecule has 116 valence electrons. The SMILES string of the molecule is Nc1ccc(OS(=O)(=O)c2c(Cl)cccc2Cl)cc1[N+](=O)[O-]. The molecule has 2 aromatic carbocycles. The van der Waals surface area contributed by atoms with Gasteiger partial charge in [0.25, 0.3) is 5.69 Å². The fourth-order valence-corrected chi connectivity index (χ4v) is 3.64. The van der Waals surface area contributed by atoms with Crippen LogP contribution in [0.2, 0.25) is 10.0 Å². The highest BCUT2D eigenvalue weighted by Gasteiger charge is 2.25. The second kappa shape index (κ2) is 5.99. The fraction of sp³-hybridized carbons (Fsp3) is 0. The van der Waals surface area contributed by atoms with E-state index in [4.69, 9.17) is 33.1 Å². The van der Waals surface area contributed by atoms with Crippen molar-refractivity contribution >= 4 is 44.7 Å². The van der Waals surface area contributed by atoms with Crippen LogP contribution in [0.25, 0.3) is 0 Å². The highest BCUT2D eigenvalue weighted by molar-refractivity contribution is 7.87. The Morgan fingerprint density at radius 1 is 1.14 bits per heavy atom. The second-order valence-corrected chi connectivity index (χ2v) is 6.36. The summed E-state index contributed by atoms with van der Waals surface area (Å²) < 4.78 is 29.3. The van der Waals surface area contributed by atoms with Crippen LogP contribution in [0.15, 0.2) is 41.3 Å². The number of hydrogen-bond acceptors (Lipinski definition) is 6. The number of nitrogen functional groups attached to an aromatic ring is 1. The molecule has 0 atom stereocenters. The molecule has 0 aromatic heterocycles. The first kappa shape index (κ1) is 16.3. The lowest BCUT2D eigenvalue weighted by molar-refractivity contribution is -0.383. The van der Waals surface area contributed by atoms with E-state index in [1.54, 1.807) is 0 Å². The Balaban J connectivity index is 2.46. The van der Waals surface area contributed by atoms with Gasteiger partial charge in [-0.3, -0.25) is 10.1 Å². The average Bonchev–Trinajstić information content (AvgIpc) is 2.39. The number of anilines is 1. The summed E-state index contributed by atoms with van der Waals surface area (Å²) >= 11 is 11.6. The summed E-state index contributed by atoms with van der Waals surface area (Å²) in [5.74, 6) is -0.281. The molecule has 7 nitrogen and oxygen atoms in total. The first-order valence-electron chi connectivity index (χ1n) is 5.65. The number of nitrogens with two attached hydrogens (primary N) is 1. The Labute approximate surface area is 135 Å². The molecule has 0 bridgehead atoms. The minimum atomic E-state index is -4.36. The molecule has 0 heterocycles. The Morgan fingerprint density at radius 3 is 2.27 bits per heavy atom. The highest BCUT2D eigenvalue weighted by atomic mass is 35.5. The number of halogens is 2. The van der Waals surface area contributed by atoms with Crippen LogP contribution in [0.4, 0.5) is 11.4 Å². The van der Waals surface area contributed by atoms with Crippen LogP contribution in [0.5, 0.6) is 5.75 Å². The van der Waals surface area contributed by atoms with Crippen molar-refractivity contribution in [2.75, 3.05) is 5.73 Å². The second-order valence-electron chi connectivity index (χ2n) is 4.07. The molecule has 2 rings (SSSR count). The van der Waals surface area contributed by atoms with E-state index >= 15 is 0 Å². The third kappa shape index (κ3) is 3.24. The molecule has 0 aliphatic carbocycles. The van der Waals surface area contributed by atoms with E-state index < -0.39 is 25.6 Å². The van der Waals surface area contributed by atoms with Gasteiger partial charge in [0, 0.05) is 0 Å². The van der Waals surface area contributed by atoms with Crippen molar-refractivity contribution in [2.45, 2.75) is 4.90 Å². The molecule has 0 amide bonds. The predicted molar refractivity (Wildman–Crippen MR) is 81.8 cm³/mol. The van der Waals surface area contributed by atoms with Crippen LogP contribution in [-0.4, -0.2) is 13.3 Å². The molecule has 2 aromatic rings. The summed E-state index contributed by atoms with van der Waals surface area (Å²) in [7, 11) is -4.36. The highest BCUT2D eigenvalue weighted by Crippen LogP contribution is 2.33. The zero-order valence-corrected chi connectivity index (χ0v) is 13.0. The molecule has 0 fully saturated rings. The van der Waals surface area contributed by atoms with Crippen molar-refractivity contribution < 1.29 is 17.5 Å². The molecule has 10 heteroatoms. The Morgan fingerprint density at radius 2 is 1.73 bits per heavy atom. The number of benzene rings is 2. The maximum Gasteiger partial charge on any atom is 0.342 e. The maximum atomic E-state index is 12.2. The van der Waals surface area contributed by atoms with E-state index in [-0.39, 0.29) is 21.5 Å². The van der Waals surface area contributed by atoms with Crippen LogP contribution in [0, 0.1) is 10.1 Å². The normalized spacial score (nSPS) is 11.2. The van der Waals surface area contributed by atoms with Crippen molar-refractivity contribution in [3.05, 3.63) is 56.6 Å². The third-order valence-corrected chi connectivity index (χ3v) is 4.78. The van der Waals surface area contributed by atoms with Gasteiger partial charge in [-0.2, -0.15) is 8.42 Å². The Kier molecular flexibility index (Phi) is 4.45. The minimum absolute atomic E-state index is 0.120. The smallest absolute Gasteiger partial charge is 0.342 e. The topological polar surface area (TPSA) is 113 Å². The summed E-state index contributed by atoms with van der Waals surface area (Å²) in [6.07, 6.45) is 0. The zero-order chi connectivity index (χ0) is 16.5. The van der Waals surface area contributed by atoms with Gasteiger partial charge in [0.05, 0.1) is 21.0 Å². The summed E-state index contributed by atoms with van der Waals surface area (Å²) in [4.78, 5) is 9.62. The first-order valence-corrected chi connectivity index (χ1v) is 7.81. The van der Waals surface area contributed by atoms with E-state index in [1.807, 2.05) is 0 Å². The summed E-state index contributed by atoms with van der Waals surface area (Å²) in [6, 6.07) is 7.38. The van der Waals surface area contributed by atoms with E-state index in [9.17, 15) is 18.5 Å². The molecule has 0 unspecified atom stereocenters. The Hall–Kier alpha value is -2.03. The summed E-state index contributed by atoms with van der Waals surface area (Å²) in [6.45, 7) is 0. The number of nitrogens with zero attached hydrogens (tertiary/aromatic N) is 1. The largest absolute Gasteiger partial charge is 0.393 e. The molecule has 0 saturated heterocycles. The molecule has 0 radical (unpaired) electrons. The molecular formula is C12H8Cl2N2O5S. The van der Waals surface area contributed by atoms with Gasteiger partial charge in [0.2, 0.25) is 0 Å². The van der Waals surface area contributed by atoms with Crippen LogP contribution < -0.4 is 9.92 Å². The van der Waals surface area contributed by atoms with E-state index in [0.717, 1.165) is 12.1 Å². The number of hydrogen-bond donors (Lipinski definition) is 1. The molecule has 0 aliphatic heterocycles. The van der Waals surface area contributed by atoms with Crippen molar-refractivity contribution in [1.82, 2.24) is 0 Å². The van der Waals surface area contributed by atoms with Gasteiger partial charge >= 0.3 is 10.1 Å². The summed E-state index contributed by atoms with van der Waals surface area (Å²) in [5, 5.41) is 10.5. The number of nitro benzene ring substituents is 1. The van der Waals surface area contributed by atoms with Crippen LogP contribution in [0.1, 0.15) is 0 Å². The standard InChI is InChI=1S/C12H8Cl2N2O5S/c13-8-2-1-3-9(14)12(8)22(19,20)21-7-4-5-10(15)11(6-7)16(17)18/h1-6H,15H2. The molecule has 0 spiro atoms. The zero-order valence-electron chi connectivity index (χ0n) is 10.7. The van der Waals surface area contributed by atoms with E-state index in [2.05, 4.69) is 0 Å². The lowest BCUT2D eigenvalue weighted by Crippen LogP contribution is -2.11. The molecular weight excluding hydrogens is 355 g/mol. The van der Waals surface area contributed by atoms with Crippen molar-refractivity contribution in [2.24, 2.45) is 0 Å². The monoisotopic (exact) mass is 362 g/mol. The van der Waals surface area contributed by atoms with Crippen LogP contribution in [-0.2, 0) is 10.1 Å². The lowest BCUT2D eigenvalue weighted by atomic mass is 10.2. The van der Waals surface area contributed by atoms with Crippen molar-refractivity contribution in [1.29, 1.82) is 0 Å². The molecule has 2 N–H and O–H groups in total. The molecule has 0 saturated carbocycles. The van der Waals surface area contributed by atoms with Gasteiger partial charge in [0.15, 0.2) is 0 Å². The van der Waals surface area contributed by atoms with E-state index in [1.165, 1.54) is 24.3 Å². The van der Waals surface area contributed by atoms with E-state index in [0.29, 0.717) is 0 Å². The Bertz CT molecular complexity index is 834. The average molecular weight is 363 g/mol. The van der Waals surface area contributed by atoms with Crippen LogP contribution >= 0.6 is 23.2 Å². The fourth-order valence-electron chi connectivity index (χ4n) is 1.62. The van der Waals surface area contributed by atoms with Crippen molar-refractivity contribution in [3.8, 4) is 5.75 Å². The van der Waals surface area contributed by atoms with Gasteiger partial charge in [-0.05, 0) is 24.3 Å². The van der Waals surface area contributed by atoms with Crippen molar-refractivity contribution in [3.63, 3.8) is 0 Å². The predicted octanol–water partition coefficient (Wildman–Crippen LogP) is 3.25. The number of nitro groups is 1. The molecule has 0 aliphatic rings. The van der Waals surface area contributed by atoms with Gasteiger partial charge in [-0.25, -0.2) is 0 Å². The first-order chi connectivity index (χ1) is 10.2. The van der Waals surface area contributed by atoms with Gasteiger partial charge in [-0.1, -0.05) is 29.3 Å². The molecule has 22 heavy (non-hydrogen) atoms. The van der Waals surface area contributed by atoms with Crippen LogP contribution in [0.3, 0.4) is 0 Å². The quantitative estimate of drug-likeness (QED) is 0.386. The van der Waals surface area contributed by atoms with Gasteiger partial charge < -0.3 is 9.92 Å².